The monoisotopic (exact) mass is 337 g/mol. The number of hydrogen-bond acceptors (Lipinski definition) is 3. The maximum atomic E-state index is 12.9. The van der Waals surface area contributed by atoms with E-state index in [4.69, 9.17) is 21.1 Å². The number of carbonyl (C=O) groups is 1. The highest BCUT2D eigenvalue weighted by molar-refractivity contribution is 6.32. The van der Waals surface area contributed by atoms with Crippen molar-refractivity contribution in [3.05, 3.63) is 58.9 Å². The van der Waals surface area contributed by atoms with Crippen LogP contribution in [0.25, 0.3) is 0 Å². The van der Waals surface area contributed by atoms with E-state index >= 15 is 0 Å². The predicted octanol–water partition coefficient (Wildman–Crippen LogP) is 3.23. The average Bonchev–Trinajstić information content (AvgIpc) is 2.54. The van der Waals surface area contributed by atoms with Crippen molar-refractivity contribution in [1.82, 2.24) is 5.32 Å². The third-order valence-electron chi connectivity index (χ3n) is 3.12. The lowest BCUT2D eigenvalue weighted by Crippen LogP contribution is -2.30. The standard InChI is InChI=1S/C17H17ClFNO3/c1-22-14-4-2-3-12(9-14)7-8-20-17(21)11-23-16-6-5-13(19)10-15(16)18/h2-6,9-10H,7-8,11H2,1H3,(H,20,21). The second kappa shape index (κ2) is 8.39. The van der Waals surface area contributed by atoms with E-state index in [0.29, 0.717) is 13.0 Å². The van der Waals surface area contributed by atoms with Crippen LogP contribution in [0.5, 0.6) is 11.5 Å². The Labute approximate surface area is 139 Å². The van der Waals surface area contributed by atoms with Gasteiger partial charge in [0.05, 0.1) is 12.1 Å². The van der Waals surface area contributed by atoms with Crippen LogP contribution in [0, 0.1) is 5.82 Å². The molecule has 0 aliphatic heterocycles. The van der Waals surface area contributed by atoms with Crippen molar-refractivity contribution in [2.45, 2.75) is 6.42 Å². The van der Waals surface area contributed by atoms with Crippen LogP contribution < -0.4 is 14.8 Å². The van der Waals surface area contributed by atoms with Crippen LogP contribution in [0.2, 0.25) is 5.02 Å². The summed E-state index contributed by atoms with van der Waals surface area (Å²) >= 11 is 5.82. The van der Waals surface area contributed by atoms with E-state index in [0.717, 1.165) is 17.4 Å². The van der Waals surface area contributed by atoms with Crippen LogP contribution in [-0.2, 0) is 11.2 Å². The summed E-state index contributed by atoms with van der Waals surface area (Å²) in [6.07, 6.45) is 0.681. The third kappa shape index (κ3) is 5.45. The Morgan fingerprint density at radius 1 is 1.26 bits per heavy atom. The highest BCUT2D eigenvalue weighted by Gasteiger charge is 2.07. The zero-order valence-corrected chi connectivity index (χ0v) is 13.4. The van der Waals surface area contributed by atoms with E-state index in [1.807, 2.05) is 24.3 Å². The van der Waals surface area contributed by atoms with Gasteiger partial charge in [-0.15, -0.1) is 0 Å². The molecule has 0 bridgehead atoms. The summed E-state index contributed by atoms with van der Waals surface area (Å²) in [5.41, 5.74) is 1.06. The molecular weight excluding hydrogens is 321 g/mol. The normalized spacial score (nSPS) is 10.2. The fraction of sp³-hybridized carbons (Fsp3) is 0.235. The fourth-order valence-corrected chi connectivity index (χ4v) is 2.18. The van der Waals surface area contributed by atoms with Crippen LogP contribution >= 0.6 is 11.6 Å². The summed E-state index contributed by atoms with van der Waals surface area (Å²) in [6.45, 7) is 0.302. The predicted molar refractivity (Wildman–Crippen MR) is 86.6 cm³/mol. The smallest absolute Gasteiger partial charge is 0.257 e. The van der Waals surface area contributed by atoms with Gasteiger partial charge in [-0.3, -0.25) is 4.79 Å². The molecule has 0 radical (unpaired) electrons. The molecule has 0 spiro atoms. The van der Waals surface area contributed by atoms with Gasteiger partial charge in [0.2, 0.25) is 0 Å². The number of nitrogens with one attached hydrogen (secondary N) is 1. The fourth-order valence-electron chi connectivity index (χ4n) is 1.96. The number of amides is 1. The molecule has 6 heteroatoms. The van der Waals surface area contributed by atoms with Crippen molar-refractivity contribution in [2.24, 2.45) is 0 Å². The minimum atomic E-state index is -0.454. The number of benzene rings is 2. The highest BCUT2D eigenvalue weighted by atomic mass is 35.5. The zero-order chi connectivity index (χ0) is 16.7. The molecule has 0 atom stereocenters. The van der Waals surface area contributed by atoms with E-state index in [2.05, 4.69) is 5.32 Å². The largest absolute Gasteiger partial charge is 0.497 e. The van der Waals surface area contributed by atoms with Crippen LogP contribution in [0.4, 0.5) is 4.39 Å². The molecule has 0 heterocycles. The molecular formula is C17H17ClFNO3. The molecule has 122 valence electrons. The summed E-state index contributed by atoms with van der Waals surface area (Å²) < 4.78 is 23.3. The molecule has 0 aliphatic carbocycles. The van der Waals surface area contributed by atoms with Crippen LogP contribution in [0.3, 0.4) is 0 Å². The molecule has 0 unspecified atom stereocenters. The van der Waals surface area contributed by atoms with Gasteiger partial charge in [-0.25, -0.2) is 4.39 Å². The Morgan fingerprint density at radius 2 is 2.09 bits per heavy atom. The number of ether oxygens (including phenoxy) is 2. The first-order valence-electron chi connectivity index (χ1n) is 7.06. The number of methoxy groups -OCH3 is 1. The first kappa shape index (κ1) is 17.1. The Morgan fingerprint density at radius 3 is 2.83 bits per heavy atom. The minimum Gasteiger partial charge on any atom is -0.497 e. The summed E-state index contributed by atoms with van der Waals surface area (Å²) in [5.74, 6) is 0.331. The summed E-state index contributed by atoms with van der Waals surface area (Å²) in [6, 6.07) is 11.4. The third-order valence-corrected chi connectivity index (χ3v) is 3.42. The van der Waals surface area contributed by atoms with Crippen LogP contribution in [-0.4, -0.2) is 26.2 Å². The first-order chi connectivity index (χ1) is 11.1. The van der Waals surface area contributed by atoms with Crippen molar-refractivity contribution >= 4 is 17.5 Å². The second-order valence-electron chi connectivity index (χ2n) is 4.81. The Hall–Kier alpha value is -2.27. The molecule has 4 nitrogen and oxygen atoms in total. The second-order valence-corrected chi connectivity index (χ2v) is 5.22. The lowest BCUT2D eigenvalue weighted by Gasteiger charge is -2.09. The maximum absolute atomic E-state index is 12.9. The molecule has 0 aromatic heterocycles. The summed E-state index contributed by atoms with van der Waals surface area (Å²) in [4.78, 5) is 11.7. The quantitative estimate of drug-likeness (QED) is 0.844. The van der Waals surface area contributed by atoms with Gasteiger partial charge in [-0.05, 0) is 42.3 Å². The summed E-state index contributed by atoms with van der Waals surface area (Å²) in [5, 5.41) is 2.88. The molecule has 23 heavy (non-hydrogen) atoms. The topological polar surface area (TPSA) is 47.6 Å². The van der Waals surface area contributed by atoms with Gasteiger partial charge < -0.3 is 14.8 Å². The lowest BCUT2D eigenvalue weighted by atomic mass is 10.1. The molecule has 0 saturated heterocycles. The number of hydrogen-bond donors (Lipinski definition) is 1. The Bertz CT molecular complexity index is 679. The molecule has 1 N–H and O–H groups in total. The molecule has 2 rings (SSSR count). The molecule has 1 amide bonds. The van der Waals surface area contributed by atoms with Crippen molar-refractivity contribution in [2.75, 3.05) is 20.3 Å². The maximum Gasteiger partial charge on any atom is 0.257 e. The van der Waals surface area contributed by atoms with Crippen LogP contribution in [0.1, 0.15) is 5.56 Å². The van der Waals surface area contributed by atoms with Crippen molar-refractivity contribution in [3.8, 4) is 11.5 Å². The van der Waals surface area contributed by atoms with Gasteiger partial charge in [0.25, 0.3) is 5.91 Å². The SMILES string of the molecule is COc1cccc(CCNC(=O)COc2ccc(F)cc2Cl)c1. The summed E-state index contributed by atoms with van der Waals surface area (Å²) in [7, 11) is 1.61. The lowest BCUT2D eigenvalue weighted by molar-refractivity contribution is -0.123. The van der Waals surface area contributed by atoms with Crippen LogP contribution in [0.15, 0.2) is 42.5 Å². The Kier molecular flexibility index (Phi) is 6.23. The van der Waals surface area contributed by atoms with E-state index in [1.165, 1.54) is 12.1 Å². The van der Waals surface area contributed by atoms with Crippen molar-refractivity contribution in [1.29, 1.82) is 0 Å². The van der Waals surface area contributed by atoms with E-state index < -0.39 is 5.82 Å². The number of halogens is 2. The molecule has 0 saturated carbocycles. The van der Waals surface area contributed by atoms with E-state index in [-0.39, 0.29) is 23.3 Å². The van der Waals surface area contributed by atoms with E-state index in [9.17, 15) is 9.18 Å². The van der Waals surface area contributed by atoms with Gasteiger partial charge in [0.1, 0.15) is 17.3 Å². The highest BCUT2D eigenvalue weighted by Crippen LogP contribution is 2.24. The van der Waals surface area contributed by atoms with Gasteiger partial charge >= 0.3 is 0 Å². The molecule has 2 aromatic rings. The average molecular weight is 338 g/mol. The molecule has 0 fully saturated rings. The van der Waals surface area contributed by atoms with Gasteiger partial charge in [-0.1, -0.05) is 23.7 Å². The number of carbonyl (C=O) groups excluding carboxylic acids is 1. The minimum absolute atomic E-state index is 0.134. The van der Waals surface area contributed by atoms with E-state index in [1.54, 1.807) is 7.11 Å². The molecule has 2 aromatic carbocycles. The van der Waals surface area contributed by atoms with Gasteiger partial charge in [0, 0.05) is 6.54 Å². The van der Waals surface area contributed by atoms with Gasteiger partial charge in [0.15, 0.2) is 6.61 Å². The Balaban J connectivity index is 1.74. The first-order valence-corrected chi connectivity index (χ1v) is 7.44. The van der Waals surface area contributed by atoms with Crippen molar-refractivity contribution in [3.63, 3.8) is 0 Å². The molecule has 0 aliphatic rings. The number of rotatable bonds is 7. The van der Waals surface area contributed by atoms with Crippen molar-refractivity contribution < 1.29 is 18.7 Å². The zero-order valence-electron chi connectivity index (χ0n) is 12.6. The van der Waals surface area contributed by atoms with Gasteiger partial charge in [-0.2, -0.15) is 0 Å².